The van der Waals surface area contributed by atoms with Crippen LogP contribution in [0.5, 0.6) is 0 Å². The topological polar surface area (TPSA) is 138 Å². The molecule has 0 bridgehead atoms. The van der Waals surface area contributed by atoms with Gasteiger partial charge in [-0.25, -0.2) is 27.9 Å². The van der Waals surface area contributed by atoms with Crippen molar-refractivity contribution in [3.63, 3.8) is 0 Å². The van der Waals surface area contributed by atoms with Crippen molar-refractivity contribution in [2.24, 2.45) is 5.92 Å². The summed E-state index contributed by atoms with van der Waals surface area (Å²) in [4.78, 5) is 31.7. The van der Waals surface area contributed by atoms with E-state index in [1.807, 2.05) is 11.6 Å². The van der Waals surface area contributed by atoms with E-state index in [0.717, 1.165) is 5.56 Å². The van der Waals surface area contributed by atoms with E-state index in [1.54, 1.807) is 13.8 Å². The number of sulfonamides is 1. The van der Waals surface area contributed by atoms with E-state index in [4.69, 9.17) is 0 Å². The zero-order valence-corrected chi connectivity index (χ0v) is 15.6. The van der Waals surface area contributed by atoms with Gasteiger partial charge in [0.15, 0.2) is 0 Å². The van der Waals surface area contributed by atoms with Crippen LogP contribution < -0.4 is 10.0 Å². The molecule has 10 heteroatoms. The predicted molar refractivity (Wildman–Crippen MR) is 95.1 cm³/mol. The van der Waals surface area contributed by atoms with Gasteiger partial charge in [-0.2, -0.15) is 0 Å². The number of aliphatic carboxylic acids is 1. The molecule has 9 nitrogen and oxygen atoms in total. The van der Waals surface area contributed by atoms with E-state index in [1.165, 1.54) is 31.2 Å². The highest BCUT2D eigenvalue weighted by Gasteiger charge is 2.48. The molecule has 140 valence electrons. The Morgan fingerprint density at radius 2 is 1.73 bits per heavy atom. The number of urea groups is 1. The third-order valence-corrected chi connectivity index (χ3v) is 6.39. The molecule has 0 radical (unpaired) electrons. The Hall–Kier alpha value is -2.75. The number of allylic oxidation sites excluding steroid dienone is 2. The number of carbonyl (C=O) groups is 2. The summed E-state index contributed by atoms with van der Waals surface area (Å²) in [6.07, 6.45) is 5.36. The number of aromatic nitrogens is 2. The van der Waals surface area contributed by atoms with Crippen molar-refractivity contribution in [1.82, 2.24) is 14.7 Å². The van der Waals surface area contributed by atoms with E-state index >= 15 is 0 Å². The molecule has 0 saturated heterocycles. The van der Waals surface area contributed by atoms with Crippen LogP contribution in [0.25, 0.3) is 0 Å². The number of carboxylic acids is 1. The van der Waals surface area contributed by atoms with Crippen LogP contribution in [0.15, 0.2) is 24.3 Å². The van der Waals surface area contributed by atoms with E-state index in [9.17, 15) is 23.1 Å². The van der Waals surface area contributed by atoms with Gasteiger partial charge in [0.05, 0.1) is 5.92 Å². The van der Waals surface area contributed by atoms with Crippen LogP contribution in [0.3, 0.4) is 0 Å². The molecule has 0 fully saturated rings. The minimum Gasteiger partial charge on any atom is -0.481 e. The zero-order chi connectivity index (χ0) is 19.7. The first-order valence-electron chi connectivity index (χ1n) is 7.72. The third-order valence-electron chi connectivity index (χ3n) is 4.39. The lowest BCUT2D eigenvalue weighted by Gasteiger charge is -2.31. The molecule has 0 aromatic carbocycles. The Balaban J connectivity index is 2.23. The normalized spacial score (nSPS) is 22.1. The fourth-order valence-corrected chi connectivity index (χ4v) is 3.77. The largest absolute Gasteiger partial charge is 0.481 e. The van der Waals surface area contributed by atoms with Crippen LogP contribution in [-0.4, -0.2) is 40.2 Å². The van der Waals surface area contributed by atoms with Crippen LogP contribution in [0.2, 0.25) is 0 Å². The second-order valence-electron chi connectivity index (χ2n) is 6.15. The summed E-state index contributed by atoms with van der Waals surface area (Å²) in [5.74, 6) is -2.69. The van der Waals surface area contributed by atoms with Crippen molar-refractivity contribution in [1.29, 1.82) is 0 Å². The number of hydrogen-bond acceptors (Lipinski definition) is 6. The first-order chi connectivity index (χ1) is 12.0. The summed E-state index contributed by atoms with van der Waals surface area (Å²) in [6, 6.07) is -1.07. The van der Waals surface area contributed by atoms with Gasteiger partial charge in [-0.1, -0.05) is 24.3 Å². The third kappa shape index (κ3) is 3.59. The molecule has 1 aliphatic rings. The van der Waals surface area contributed by atoms with E-state index in [2.05, 4.69) is 15.3 Å². The lowest BCUT2D eigenvalue weighted by atomic mass is 9.89. The van der Waals surface area contributed by atoms with Gasteiger partial charge in [0.1, 0.15) is 4.75 Å². The smallest absolute Gasteiger partial charge is 0.335 e. The Labute approximate surface area is 151 Å². The number of nitrogens with one attached hydrogen (secondary N) is 2. The molecule has 3 N–H and O–H groups in total. The monoisotopic (exact) mass is 380 g/mol. The number of carboxylic acid groups (broad SMARTS) is 1. The molecule has 1 aromatic rings. The maximum Gasteiger partial charge on any atom is 0.335 e. The van der Waals surface area contributed by atoms with Crippen LogP contribution in [0, 0.1) is 26.7 Å². The van der Waals surface area contributed by atoms with Gasteiger partial charge in [0.25, 0.3) is 0 Å². The van der Waals surface area contributed by atoms with Gasteiger partial charge in [0, 0.05) is 11.4 Å². The maximum atomic E-state index is 12.6. The Morgan fingerprint density at radius 3 is 2.27 bits per heavy atom. The second-order valence-corrected chi connectivity index (χ2v) is 8.24. The highest BCUT2D eigenvalue weighted by Crippen LogP contribution is 2.32. The first kappa shape index (κ1) is 19.6. The summed E-state index contributed by atoms with van der Waals surface area (Å²) in [6.45, 7) is 6.54. The Morgan fingerprint density at radius 1 is 1.15 bits per heavy atom. The average Bonchev–Trinajstić information content (AvgIpc) is 2.51. The quantitative estimate of drug-likeness (QED) is 0.718. The molecule has 0 spiro atoms. The van der Waals surface area contributed by atoms with Crippen molar-refractivity contribution in [3.8, 4) is 0 Å². The van der Waals surface area contributed by atoms with Crippen LogP contribution in [0.4, 0.5) is 10.7 Å². The minimum atomic E-state index is -4.36. The molecular weight excluding hydrogens is 360 g/mol. The molecule has 2 unspecified atom stereocenters. The molecule has 0 saturated carbocycles. The molecule has 0 aliphatic heterocycles. The van der Waals surface area contributed by atoms with Gasteiger partial charge in [0.2, 0.25) is 16.0 Å². The fraction of sp³-hybridized carbons (Fsp3) is 0.375. The molecule has 1 aliphatic carbocycles. The maximum absolute atomic E-state index is 12.6. The summed E-state index contributed by atoms with van der Waals surface area (Å²) in [7, 11) is -4.36. The number of carbonyl (C=O) groups excluding carboxylic acids is 1. The number of anilines is 1. The summed E-state index contributed by atoms with van der Waals surface area (Å²) in [5.41, 5.74) is 2.15. The Kier molecular flexibility index (Phi) is 5.17. The van der Waals surface area contributed by atoms with Crippen molar-refractivity contribution in [2.45, 2.75) is 32.4 Å². The van der Waals surface area contributed by atoms with E-state index < -0.39 is 32.7 Å². The number of aryl methyl sites for hydroxylation is 2. The highest BCUT2D eigenvalue weighted by molar-refractivity contribution is 7.91. The van der Waals surface area contributed by atoms with Crippen LogP contribution in [-0.2, 0) is 14.8 Å². The van der Waals surface area contributed by atoms with Gasteiger partial charge in [-0.15, -0.1) is 0 Å². The number of hydrogen-bond donors (Lipinski definition) is 3. The van der Waals surface area contributed by atoms with Crippen LogP contribution in [0.1, 0.15) is 23.9 Å². The van der Waals surface area contributed by atoms with Gasteiger partial charge in [-0.3, -0.25) is 10.1 Å². The molecule has 26 heavy (non-hydrogen) atoms. The zero-order valence-electron chi connectivity index (χ0n) is 14.8. The van der Waals surface area contributed by atoms with Crippen molar-refractivity contribution in [3.05, 3.63) is 41.3 Å². The minimum absolute atomic E-state index is 0.0441. The highest BCUT2D eigenvalue weighted by atomic mass is 32.2. The number of nitrogens with zero attached hydrogens (tertiary/aromatic N) is 2. The molecule has 2 atom stereocenters. The predicted octanol–water partition coefficient (Wildman–Crippen LogP) is 1.44. The Bertz CT molecular complexity index is 900. The molecule has 1 aromatic heterocycles. The fourth-order valence-electron chi connectivity index (χ4n) is 2.49. The average molecular weight is 380 g/mol. The molecule has 1 heterocycles. The van der Waals surface area contributed by atoms with E-state index in [-0.39, 0.29) is 5.95 Å². The number of amides is 2. The van der Waals surface area contributed by atoms with Crippen LogP contribution >= 0.6 is 0 Å². The van der Waals surface area contributed by atoms with Gasteiger partial charge < -0.3 is 5.11 Å². The van der Waals surface area contributed by atoms with Crippen molar-refractivity contribution < 1.29 is 23.1 Å². The standard InChI is InChI=1S/C16H20N4O5S/c1-9-10(2)17-14(18-11(9)3)19-15(23)20-26(24,25)16(4)8-6-5-7-12(16)13(21)22/h5-8,12H,1-4H3,(H,21,22)(H2,17,18,19,20,23). The van der Waals surface area contributed by atoms with Crippen molar-refractivity contribution >= 4 is 28.0 Å². The van der Waals surface area contributed by atoms with E-state index in [0.29, 0.717) is 11.4 Å². The van der Waals surface area contributed by atoms with Gasteiger partial charge in [-0.05, 0) is 33.3 Å². The SMILES string of the molecule is Cc1nc(NC(=O)NS(=O)(=O)C2(C)C=CC=CC2C(=O)O)nc(C)c1C. The summed E-state index contributed by atoms with van der Waals surface area (Å²) < 4.78 is 25.3. The summed E-state index contributed by atoms with van der Waals surface area (Å²) in [5, 5.41) is 11.6. The lowest BCUT2D eigenvalue weighted by molar-refractivity contribution is -0.140. The van der Waals surface area contributed by atoms with Crippen molar-refractivity contribution in [2.75, 3.05) is 5.32 Å². The van der Waals surface area contributed by atoms with Gasteiger partial charge >= 0.3 is 12.0 Å². The second kappa shape index (κ2) is 6.87. The molecule has 2 rings (SSSR count). The molecule has 2 amide bonds. The lowest BCUT2D eigenvalue weighted by Crippen LogP contribution is -2.52. The summed E-state index contributed by atoms with van der Waals surface area (Å²) >= 11 is 0. The number of rotatable bonds is 4. The first-order valence-corrected chi connectivity index (χ1v) is 9.20. The molecular formula is C16H20N4O5S.